The minimum atomic E-state index is -4.92. The normalized spacial score (nSPS) is 11.9. The average Bonchev–Trinajstić information content (AvgIpc) is 3.32. The van der Waals surface area contributed by atoms with Gasteiger partial charge in [0.25, 0.3) is 20.0 Å². The van der Waals surface area contributed by atoms with Crippen molar-refractivity contribution in [1.29, 1.82) is 0 Å². The summed E-state index contributed by atoms with van der Waals surface area (Å²) in [6, 6.07) is 32.4. The third-order valence-corrected chi connectivity index (χ3v) is 12.3. The van der Waals surface area contributed by atoms with E-state index in [9.17, 15) is 44.7 Å². The molecule has 6 aromatic carbocycles. The number of hydrogen-bond acceptors (Lipinski definition) is 14. The van der Waals surface area contributed by atoms with Crippen molar-refractivity contribution in [2.75, 3.05) is 50.1 Å². The Morgan fingerprint density at radius 2 is 1.01 bits per heavy atom. The Morgan fingerprint density at radius 1 is 0.551 bits per heavy atom. The first-order chi connectivity index (χ1) is 32.9. The molecule has 0 fully saturated rings. The Hall–Kier alpha value is -7.85. The smallest absolute Gasteiger partial charge is 0.493 e. The van der Waals surface area contributed by atoms with E-state index in [1.165, 1.54) is 87.0 Å². The zero-order chi connectivity index (χ0) is 49.6. The molecule has 0 aliphatic carbocycles. The van der Waals surface area contributed by atoms with E-state index in [0.717, 1.165) is 24.3 Å². The molecule has 22 heteroatoms. The second-order valence-corrected chi connectivity index (χ2v) is 17.6. The number of aliphatic carboxylic acids is 1. The number of para-hydroxylation sites is 3. The quantitative estimate of drug-likeness (QED) is 0.0295. The van der Waals surface area contributed by atoms with Crippen molar-refractivity contribution in [1.82, 2.24) is 0 Å². The molecule has 0 heterocycles. The molecule has 0 radical (unpaired) electrons. The molecular weight excluding hydrogens is 954 g/mol. The highest BCUT2D eigenvalue weighted by Crippen LogP contribution is 2.34. The Morgan fingerprint density at radius 3 is 1.55 bits per heavy atom. The van der Waals surface area contributed by atoms with Crippen molar-refractivity contribution < 1.29 is 82.6 Å². The maximum Gasteiger partial charge on any atom is 0.573 e. The fourth-order valence-corrected chi connectivity index (χ4v) is 8.44. The first kappa shape index (κ1) is 50.6. The molecular formula is C47H43F3N2O15S2. The second-order valence-electron chi connectivity index (χ2n) is 14.2. The van der Waals surface area contributed by atoms with Crippen LogP contribution < -0.4 is 47.3 Å². The first-order valence-electron chi connectivity index (χ1n) is 20.4. The summed E-state index contributed by atoms with van der Waals surface area (Å²) in [7, 11) is -5.26. The van der Waals surface area contributed by atoms with Gasteiger partial charge >= 0.3 is 18.3 Å². The van der Waals surface area contributed by atoms with E-state index < -0.39 is 56.4 Å². The predicted molar refractivity (Wildman–Crippen MR) is 243 cm³/mol. The number of alkyl halides is 3. The number of rotatable bonds is 24. The first-order valence-corrected chi connectivity index (χ1v) is 23.4. The van der Waals surface area contributed by atoms with E-state index in [0.29, 0.717) is 17.2 Å². The van der Waals surface area contributed by atoms with Gasteiger partial charge < -0.3 is 43.0 Å². The average molecular weight is 997 g/mol. The van der Waals surface area contributed by atoms with Gasteiger partial charge in [0.2, 0.25) is 0 Å². The third-order valence-electron chi connectivity index (χ3n) is 9.50. The summed E-state index contributed by atoms with van der Waals surface area (Å²) in [6.07, 6.45) is -5.49. The number of carbonyl (C=O) groups excluding carboxylic acids is 1. The van der Waals surface area contributed by atoms with Crippen LogP contribution in [0.3, 0.4) is 0 Å². The maximum atomic E-state index is 13.2. The molecule has 0 aromatic heterocycles. The van der Waals surface area contributed by atoms with Gasteiger partial charge in [-0.25, -0.2) is 16.8 Å². The van der Waals surface area contributed by atoms with Crippen LogP contribution in [-0.4, -0.2) is 80.9 Å². The van der Waals surface area contributed by atoms with Crippen molar-refractivity contribution >= 4 is 43.4 Å². The lowest BCUT2D eigenvalue weighted by molar-refractivity contribution is -0.274. The Bertz CT molecular complexity index is 2920. The van der Waals surface area contributed by atoms with Gasteiger partial charge in [0.1, 0.15) is 49.4 Å². The highest BCUT2D eigenvalue weighted by molar-refractivity contribution is 7.93. The molecule has 0 aliphatic rings. The van der Waals surface area contributed by atoms with Crippen molar-refractivity contribution in [3.05, 3.63) is 145 Å². The fourth-order valence-electron chi connectivity index (χ4n) is 6.31. The molecule has 0 bridgehead atoms. The minimum Gasteiger partial charge on any atom is -0.493 e. The lowest BCUT2D eigenvalue weighted by Gasteiger charge is -2.18. The summed E-state index contributed by atoms with van der Waals surface area (Å²) < 4.78 is 136. The Kier molecular flexibility index (Phi) is 16.7. The number of carboxylic acid groups (broad SMARTS) is 1. The summed E-state index contributed by atoms with van der Waals surface area (Å²) >= 11 is 0. The number of benzene rings is 6. The van der Waals surface area contributed by atoms with Gasteiger partial charge in [-0.15, -0.1) is 13.2 Å². The van der Waals surface area contributed by atoms with E-state index in [2.05, 4.69) is 14.2 Å². The summed E-state index contributed by atoms with van der Waals surface area (Å²) in [5.74, 6) is -2.34. The topological polar surface area (TPSA) is 221 Å². The van der Waals surface area contributed by atoms with E-state index in [-0.39, 0.29) is 76.2 Å². The van der Waals surface area contributed by atoms with Crippen LogP contribution in [0.4, 0.5) is 24.5 Å². The number of nitrogens with one attached hydrogen (secondary N) is 2. The number of esters is 1. The molecule has 6 rings (SSSR count). The molecule has 0 saturated carbocycles. The lowest BCUT2D eigenvalue weighted by atomic mass is 9.95. The van der Waals surface area contributed by atoms with Gasteiger partial charge in [0, 0.05) is 23.0 Å². The number of anilines is 2. The van der Waals surface area contributed by atoms with Crippen molar-refractivity contribution in [2.45, 2.75) is 28.5 Å². The standard InChI is InChI=1S/C47H43F3N2O15S2/c1-60-41-24-23-37(29-44(41)61-2)69(58,59)52-32-13-17-33(18-14-32)62-25-27-64-40-8-4-3-7-38(40)39(46(54)55)30-45(53)66-43-10-6-5-9-42(43)65-28-26-63-34-15-11-31(12-16-34)51-68(56,57)36-21-19-35(20-22-36)67-47(48,49)50/h3-24,29,39,51-52H,25-28,30H2,1-2H3,(H,54,55). The number of sulfonamides is 2. The fraction of sp³-hybridized carbons (Fsp3) is 0.191. The molecule has 17 nitrogen and oxygen atoms in total. The molecule has 1 atom stereocenters. The SMILES string of the molecule is COc1ccc(S(=O)(=O)Nc2ccc(OCCOc3ccccc3C(CC(=O)Oc3ccccc3OCCOc3ccc(NS(=O)(=O)c4ccc(OC(F)(F)F)cc4)cc3)C(=O)O)cc2)cc1OC. The van der Waals surface area contributed by atoms with Crippen LogP contribution in [0.5, 0.6) is 46.0 Å². The van der Waals surface area contributed by atoms with Gasteiger partial charge in [0.05, 0.1) is 36.3 Å². The van der Waals surface area contributed by atoms with Crippen LogP contribution in [-0.2, 0) is 29.6 Å². The number of carboxylic acids is 1. The van der Waals surface area contributed by atoms with E-state index in [1.54, 1.807) is 42.5 Å². The summed E-state index contributed by atoms with van der Waals surface area (Å²) in [6.45, 7) is -0.0195. The lowest BCUT2D eigenvalue weighted by Crippen LogP contribution is -2.21. The number of methoxy groups -OCH3 is 2. The Labute approximate surface area is 394 Å². The molecule has 0 amide bonds. The van der Waals surface area contributed by atoms with Gasteiger partial charge in [0.15, 0.2) is 23.0 Å². The van der Waals surface area contributed by atoms with Crippen LogP contribution in [0.2, 0.25) is 0 Å². The van der Waals surface area contributed by atoms with Crippen LogP contribution >= 0.6 is 0 Å². The monoisotopic (exact) mass is 996 g/mol. The van der Waals surface area contributed by atoms with E-state index in [1.807, 2.05) is 0 Å². The number of ether oxygens (including phenoxy) is 8. The van der Waals surface area contributed by atoms with Crippen LogP contribution in [0.15, 0.2) is 149 Å². The van der Waals surface area contributed by atoms with Crippen molar-refractivity contribution in [2.24, 2.45) is 0 Å². The molecule has 3 N–H and O–H groups in total. The third kappa shape index (κ3) is 14.6. The summed E-state index contributed by atoms with van der Waals surface area (Å²) in [5.41, 5.74) is 0.642. The van der Waals surface area contributed by atoms with E-state index >= 15 is 0 Å². The zero-order valence-electron chi connectivity index (χ0n) is 36.5. The highest BCUT2D eigenvalue weighted by atomic mass is 32.2. The number of carbonyl (C=O) groups is 2. The molecule has 0 saturated heterocycles. The van der Waals surface area contributed by atoms with Crippen LogP contribution in [0, 0.1) is 0 Å². The highest BCUT2D eigenvalue weighted by Gasteiger charge is 2.31. The zero-order valence-corrected chi connectivity index (χ0v) is 38.1. The molecule has 1 unspecified atom stereocenters. The number of halogens is 3. The predicted octanol–water partition coefficient (Wildman–Crippen LogP) is 8.28. The number of hydrogen-bond donors (Lipinski definition) is 3. The van der Waals surface area contributed by atoms with Crippen molar-refractivity contribution in [3.63, 3.8) is 0 Å². The largest absolute Gasteiger partial charge is 0.573 e. The van der Waals surface area contributed by atoms with Gasteiger partial charge in [-0.2, -0.15) is 0 Å². The summed E-state index contributed by atoms with van der Waals surface area (Å²) in [5, 5.41) is 10.2. The van der Waals surface area contributed by atoms with Crippen LogP contribution in [0.1, 0.15) is 17.9 Å². The summed E-state index contributed by atoms with van der Waals surface area (Å²) in [4.78, 5) is 25.4. The van der Waals surface area contributed by atoms with E-state index in [4.69, 9.17) is 33.2 Å². The van der Waals surface area contributed by atoms with Gasteiger partial charge in [-0.05, 0) is 103 Å². The van der Waals surface area contributed by atoms with Crippen molar-refractivity contribution in [3.8, 4) is 46.0 Å². The van der Waals surface area contributed by atoms with Gasteiger partial charge in [-0.3, -0.25) is 19.0 Å². The second kappa shape index (κ2) is 22.8. The molecule has 0 aliphatic heterocycles. The Balaban J connectivity index is 0.958. The molecule has 364 valence electrons. The molecule has 0 spiro atoms. The molecule has 69 heavy (non-hydrogen) atoms. The minimum absolute atomic E-state index is 0.00145. The maximum absolute atomic E-state index is 13.2. The molecule has 6 aromatic rings. The van der Waals surface area contributed by atoms with Gasteiger partial charge in [-0.1, -0.05) is 30.3 Å². The van der Waals surface area contributed by atoms with Crippen LogP contribution in [0.25, 0.3) is 0 Å².